The highest BCUT2D eigenvalue weighted by molar-refractivity contribution is 6.04. The van der Waals surface area contributed by atoms with Crippen molar-refractivity contribution in [2.24, 2.45) is 5.84 Å². The molecular weight excluding hydrogens is 254 g/mol. The second-order valence-electron chi connectivity index (χ2n) is 4.10. The number of pyridine rings is 1. The first-order valence-corrected chi connectivity index (χ1v) is 5.86. The van der Waals surface area contributed by atoms with Gasteiger partial charge in [-0.3, -0.25) is 15.6 Å². The van der Waals surface area contributed by atoms with Gasteiger partial charge in [0.1, 0.15) is 5.69 Å². The van der Waals surface area contributed by atoms with Gasteiger partial charge in [0.15, 0.2) is 0 Å². The summed E-state index contributed by atoms with van der Waals surface area (Å²) in [5.41, 5.74) is 4.45. The number of nitrogens with two attached hydrogens (primary N) is 1. The van der Waals surface area contributed by atoms with Gasteiger partial charge in [0.25, 0.3) is 5.91 Å². The van der Waals surface area contributed by atoms with Crippen LogP contribution in [0.1, 0.15) is 16.1 Å². The van der Waals surface area contributed by atoms with Gasteiger partial charge < -0.3 is 10.3 Å². The summed E-state index contributed by atoms with van der Waals surface area (Å²) < 4.78 is 0. The summed E-state index contributed by atoms with van der Waals surface area (Å²) in [6, 6.07) is 12.1. The second-order valence-corrected chi connectivity index (χ2v) is 4.10. The zero-order valence-electron chi connectivity index (χ0n) is 10.9. The highest BCUT2D eigenvalue weighted by Gasteiger charge is 2.15. The Bertz CT molecular complexity index is 677. The van der Waals surface area contributed by atoms with Crippen LogP contribution >= 0.6 is 0 Å². The lowest BCUT2D eigenvalue weighted by atomic mass is 10.2. The van der Waals surface area contributed by atoms with Crippen molar-refractivity contribution in [2.45, 2.75) is 0 Å². The average molecular weight is 267 g/mol. The van der Waals surface area contributed by atoms with Crippen molar-refractivity contribution < 1.29 is 4.79 Å². The van der Waals surface area contributed by atoms with E-state index in [0.29, 0.717) is 16.9 Å². The second kappa shape index (κ2) is 5.82. The molecule has 2 rings (SSSR count). The number of rotatable bonds is 3. The molecule has 0 aliphatic heterocycles. The first-order valence-electron chi connectivity index (χ1n) is 5.86. The summed E-state index contributed by atoms with van der Waals surface area (Å²) in [6.07, 6.45) is 1.50. The monoisotopic (exact) mass is 267 g/mol. The van der Waals surface area contributed by atoms with Crippen LogP contribution in [0.4, 0.5) is 11.4 Å². The van der Waals surface area contributed by atoms with Crippen LogP contribution in [0.2, 0.25) is 0 Å². The molecule has 0 radical (unpaired) electrons. The van der Waals surface area contributed by atoms with Crippen molar-refractivity contribution in [2.75, 3.05) is 17.4 Å². The zero-order valence-corrected chi connectivity index (χ0v) is 10.9. The summed E-state index contributed by atoms with van der Waals surface area (Å²) in [5.74, 6) is 5.02. The third-order valence-electron chi connectivity index (χ3n) is 2.81. The molecule has 2 aromatic rings. The van der Waals surface area contributed by atoms with E-state index >= 15 is 0 Å². The van der Waals surface area contributed by atoms with Crippen molar-refractivity contribution in [3.8, 4) is 6.07 Å². The third kappa shape index (κ3) is 2.74. The molecule has 0 bridgehead atoms. The summed E-state index contributed by atoms with van der Waals surface area (Å²) in [5, 5.41) is 8.88. The van der Waals surface area contributed by atoms with Crippen molar-refractivity contribution in [1.82, 2.24) is 4.98 Å². The van der Waals surface area contributed by atoms with Crippen LogP contribution in [-0.4, -0.2) is 17.9 Å². The minimum absolute atomic E-state index is 0.269. The van der Waals surface area contributed by atoms with Crippen LogP contribution < -0.4 is 16.2 Å². The number of carbonyl (C=O) groups excluding carboxylic acids is 1. The van der Waals surface area contributed by atoms with Gasteiger partial charge in [0.2, 0.25) is 0 Å². The van der Waals surface area contributed by atoms with Gasteiger partial charge in [-0.25, -0.2) is 0 Å². The fourth-order valence-electron chi connectivity index (χ4n) is 1.71. The van der Waals surface area contributed by atoms with Gasteiger partial charge >= 0.3 is 0 Å². The van der Waals surface area contributed by atoms with Crippen LogP contribution in [-0.2, 0) is 0 Å². The lowest BCUT2D eigenvalue weighted by Gasteiger charge is -2.17. The van der Waals surface area contributed by atoms with Crippen LogP contribution in [0.25, 0.3) is 0 Å². The molecule has 6 nitrogen and oxygen atoms in total. The van der Waals surface area contributed by atoms with E-state index in [1.807, 2.05) is 6.07 Å². The van der Waals surface area contributed by atoms with Crippen molar-refractivity contribution in [3.63, 3.8) is 0 Å². The Kier molecular flexibility index (Phi) is 3.93. The first-order chi connectivity index (χ1) is 9.65. The predicted octanol–water partition coefficient (Wildman–Crippen LogP) is 1.52. The lowest BCUT2D eigenvalue weighted by Crippen LogP contribution is -2.27. The third-order valence-corrected chi connectivity index (χ3v) is 2.81. The highest BCUT2D eigenvalue weighted by atomic mass is 16.2. The largest absolute Gasteiger partial charge is 0.324 e. The van der Waals surface area contributed by atoms with Crippen LogP contribution in [0.15, 0.2) is 42.6 Å². The number of nitriles is 1. The van der Waals surface area contributed by atoms with Gasteiger partial charge in [0.05, 0.1) is 17.3 Å². The number of nitrogens with zero attached hydrogens (tertiary/aromatic N) is 3. The van der Waals surface area contributed by atoms with Gasteiger partial charge in [-0.15, -0.1) is 0 Å². The molecule has 6 heteroatoms. The minimum atomic E-state index is -0.280. The fourth-order valence-corrected chi connectivity index (χ4v) is 1.71. The summed E-state index contributed by atoms with van der Waals surface area (Å²) >= 11 is 0. The van der Waals surface area contributed by atoms with E-state index in [1.165, 1.54) is 11.1 Å². The molecule has 0 saturated carbocycles. The normalized spacial score (nSPS) is 9.65. The Hall–Kier alpha value is -2.91. The van der Waals surface area contributed by atoms with Gasteiger partial charge in [-0.05, 0) is 30.3 Å². The molecule has 3 N–H and O–H groups in total. The molecule has 0 fully saturated rings. The van der Waals surface area contributed by atoms with Crippen molar-refractivity contribution >= 4 is 17.3 Å². The molecule has 20 heavy (non-hydrogen) atoms. The molecule has 0 atom stereocenters. The maximum absolute atomic E-state index is 12.3. The van der Waals surface area contributed by atoms with Crippen molar-refractivity contribution in [3.05, 3.63) is 53.9 Å². The first kappa shape index (κ1) is 13.5. The number of nitrogen functional groups attached to an aromatic ring is 1. The van der Waals surface area contributed by atoms with E-state index in [9.17, 15) is 4.79 Å². The van der Waals surface area contributed by atoms with Crippen LogP contribution in [0.3, 0.4) is 0 Å². The molecule has 100 valence electrons. The molecule has 0 spiro atoms. The molecule has 1 heterocycles. The van der Waals surface area contributed by atoms with Gasteiger partial charge in [-0.2, -0.15) is 5.26 Å². The summed E-state index contributed by atoms with van der Waals surface area (Å²) in [4.78, 5) is 17.8. The van der Waals surface area contributed by atoms with E-state index < -0.39 is 0 Å². The number of anilines is 2. The Labute approximate surface area is 116 Å². The number of hydrazine groups is 1. The molecule has 1 amide bonds. The van der Waals surface area contributed by atoms with Crippen LogP contribution in [0.5, 0.6) is 0 Å². The average Bonchev–Trinajstić information content (AvgIpc) is 2.53. The molecule has 0 unspecified atom stereocenters. The fraction of sp³-hybridized carbons (Fsp3) is 0.0714. The number of amides is 1. The van der Waals surface area contributed by atoms with E-state index in [1.54, 1.807) is 43.4 Å². The number of hydrogen-bond acceptors (Lipinski definition) is 5. The predicted molar refractivity (Wildman–Crippen MR) is 75.9 cm³/mol. The highest BCUT2D eigenvalue weighted by Crippen LogP contribution is 2.17. The molecule has 1 aromatic carbocycles. The Morgan fingerprint density at radius 1 is 1.40 bits per heavy atom. The number of nitrogens with one attached hydrogen (secondary N) is 1. The zero-order chi connectivity index (χ0) is 14.5. The SMILES string of the molecule is CN(C(=O)c1cc(NN)ccn1)c1cccc(C#N)c1. The number of aromatic nitrogens is 1. The van der Waals surface area contributed by atoms with Gasteiger partial charge in [0, 0.05) is 18.9 Å². The molecule has 0 saturated heterocycles. The van der Waals surface area contributed by atoms with E-state index in [-0.39, 0.29) is 11.6 Å². The Morgan fingerprint density at radius 2 is 2.20 bits per heavy atom. The Balaban J connectivity index is 2.30. The summed E-state index contributed by atoms with van der Waals surface area (Å²) in [6.45, 7) is 0. The number of benzene rings is 1. The quantitative estimate of drug-likeness (QED) is 0.649. The summed E-state index contributed by atoms with van der Waals surface area (Å²) in [7, 11) is 1.63. The molecular formula is C14H13N5O. The maximum atomic E-state index is 12.3. The minimum Gasteiger partial charge on any atom is -0.324 e. The lowest BCUT2D eigenvalue weighted by molar-refractivity contribution is 0.0988. The maximum Gasteiger partial charge on any atom is 0.276 e. The molecule has 0 aliphatic carbocycles. The van der Waals surface area contributed by atoms with E-state index in [0.717, 1.165) is 0 Å². The standard InChI is InChI=1S/C14H13N5O/c1-19(12-4-2-3-10(7-12)9-15)14(20)13-8-11(18-16)5-6-17-13/h2-8H,16H2,1H3,(H,17,18). The molecule has 0 aliphatic rings. The van der Waals surface area contributed by atoms with E-state index in [2.05, 4.69) is 10.4 Å². The van der Waals surface area contributed by atoms with Gasteiger partial charge in [-0.1, -0.05) is 6.07 Å². The van der Waals surface area contributed by atoms with E-state index in [4.69, 9.17) is 11.1 Å². The number of hydrogen-bond donors (Lipinski definition) is 2. The van der Waals surface area contributed by atoms with Crippen molar-refractivity contribution in [1.29, 1.82) is 5.26 Å². The smallest absolute Gasteiger partial charge is 0.276 e. The topological polar surface area (TPSA) is 95.0 Å². The Morgan fingerprint density at radius 3 is 2.90 bits per heavy atom. The number of carbonyl (C=O) groups is 1. The van der Waals surface area contributed by atoms with Crippen LogP contribution in [0, 0.1) is 11.3 Å². The molecule has 1 aromatic heterocycles.